The van der Waals surface area contributed by atoms with Crippen molar-refractivity contribution in [2.75, 3.05) is 5.32 Å². The number of non-ortho nitro benzene ring substituents is 1. The third-order valence-corrected chi connectivity index (χ3v) is 3.13. The van der Waals surface area contributed by atoms with Crippen molar-refractivity contribution < 1.29 is 4.92 Å². The molecule has 0 radical (unpaired) electrons. The summed E-state index contributed by atoms with van der Waals surface area (Å²) in [6.45, 7) is 0. The third-order valence-electron chi connectivity index (χ3n) is 2.31. The monoisotopic (exact) mass is 282 g/mol. The van der Waals surface area contributed by atoms with Crippen LogP contribution in [0.4, 0.5) is 17.1 Å². The van der Waals surface area contributed by atoms with E-state index in [4.69, 9.17) is 23.2 Å². The minimum Gasteiger partial charge on any atom is -0.354 e. The van der Waals surface area contributed by atoms with E-state index in [1.165, 1.54) is 12.1 Å². The standard InChI is InChI=1S/C12H8Cl2N2O2/c13-10-2-1-3-11(12(10)14)15-8-4-6-9(7-5-8)16(17)18/h1-7,15H. The molecule has 0 aliphatic rings. The molecule has 0 saturated heterocycles. The number of anilines is 2. The minimum atomic E-state index is -0.448. The molecular formula is C12H8Cl2N2O2. The van der Waals surface area contributed by atoms with E-state index >= 15 is 0 Å². The lowest BCUT2D eigenvalue weighted by atomic mass is 10.2. The van der Waals surface area contributed by atoms with E-state index in [9.17, 15) is 10.1 Å². The molecule has 0 aliphatic carbocycles. The van der Waals surface area contributed by atoms with E-state index in [0.717, 1.165) is 0 Å². The van der Waals surface area contributed by atoms with Crippen LogP contribution in [0.5, 0.6) is 0 Å². The summed E-state index contributed by atoms with van der Waals surface area (Å²) in [5, 5.41) is 14.4. The zero-order chi connectivity index (χ0) is 13.1. The molecule has 18 heavy (non-hydrogen) atoms. The summed E-state index contributed by atoms with van der Waals surface area (Å²) in [5.74, 6) is 0. The normalized spacial score (nSPS) is 10.1. The Bertz CT molecular complexity index is 585. The molecule has 0 heterocycles. The summed E-state index contributed by atoms with van der Waals surface area (Å²) >= 11 is 11.9. The van der Waals surface area contributed by atoms with Crippen LogP contribution >= 0.6 is 23.2 Å². The van der Waals surface area contributed by atoms with Gasteiger partial charge in [0, 0.05) is 17.8 Å². The largest absolute Gasteiger partial charge is 0.354 e. The Morgan fingerprint density at radius 3 is 2.33 bits per heavy atom. The molecule has 2 rings (SSSR count). The number of hydrogen-bond acceptors (Lipinski definition) is 3. The fourth-order valence-electron chi connectivity index (χ4n) is 1.42. The summed E-state index contributed by atoms with van der Waals surface area (Å²) in [5.41, 5.74) is 1.39. The average Bonchev–Trinajstić information content (AvgIpc) is 2.36. The molecule has 0 bridgehead atoms. The van der Waals surface area contributed by atoms with Gasteiger partial charge in [-0.15, -0.1) is 0 Å². The van der Waals surface area contributed by atoms with Gasteiger partial charge >= 0.3 is 0 Å². The fourth-order valence-corrected chi connectivity index (χ4v) is 1.77. The first-order valence-electron chi connectivity index (χ1n) is 5.03. The van der Waals surface area contributed by atoms with Gasteiger partial charge in [-0.25, -0.2) is 0 Å². The van der Waals surface area contributed by atoms with Crippen LogP contribution in [-0.4, -0.2) is 4.92 Å². The molecule has 2 aromatic rings. The van der Waals surface area contributed by atoms with Crippen molar-refractivity contribution >= 4 is 40.3 Å². The Hall–Kier alpha value is -1.78. The van der Waals surface area contributed by atoms with Crippen LogP contribution in [-0.2, 0) is 0 Å². The Morgan fingerprint density at radius 1 is 1.06 bits per heavy atom. The maximum absolute atomic E-state index is 10.5. The van der Waals surface area contributed by atoms with Crippen LogP contribution in [0.3, 0.4) is 0 Å². The van der Waals surface area contributed by atoms with E-state index in [1.807, 2.05) is 0 Å². The Balaban J connectivity index is 2.24. The second-order valence-corrected chi connectivity index (χ2v) is 4.32. The van der Waals surface area contributed by atoms with Gasteiger partial charge in [0.1, 0.15) is 0 Å². The molecule has 0 atom stereocenters. The Kier molecular flexibility index (Phi) is 3.69. The van der Waals surface area contributed by atoms with Crippen molar-refractivity contribution in [3.8, 4) is 0 Å². The van der Waals surface area contributed by atoms with E-state index in [1.54, 1.807) is 30.3 Å². The maximum Gasteiger partial charge on any atom is 0.269 e. The van der Waals surface area contributed by atoms with Gasteiger partial charge < -0.3 is 5.32 Å². The molecule has 0 amide bonds. The highest BCUT2D eigenvalue weighted by Crippen LogP contribution is 2.31. The lowest BCUT2D eigenvalue weighted by molar-refractivity contribution is -0.384. The van der Waals surface area contributed by atoms with E-state index in [0.29, 0.717) is 21.4 Å². The van der Waals surface area contributed by atoms with Gasteiger partial charge in [0.15, 0.2) is 0 Å². The van der Waals surface area contributed by atoms with Crippen LogP contribution in [0.2, 0.25) is 10.0 Å². The van der Waals surface area contributed by atoms with E-state index in [-0.39, 0.29) is 5.69 Å². The van der Waals surface area contributed by atoms with Gasteiger partial charge in [0.25, 0.3) is 5.69 Å². The fraction of sp³-hybridized carbons (Fsp3) is 0. The first kappa shape index (κ1) is 12.7. The molecule has 0 saturated carbocycles. The highest BCUT2D eigenvalue weighted by molar-refractivity contribution is 6.43. The van der Waals surface area contributed by atoms with Crippen molar-refractivity contribution in [2.24, 2.45) is 0 Å². The summed E-state index contributed by atoms with van der Waals surface area (Å²) in [7, 11) is 0. The highest BCUT2D eigenvalue weighted by atomic mass is 35.5. The smallest absolute Gasteiger partial charge is 0.269 e. The molecule has 92 valence electrons. The minimum absolute atomic E-state index is 0.0396. The second kappa shape index (κ2) is 5.25. The van der Waals surface area contributed by atoms with Crippen LogP contribution < -0.4 is 5.32 Å². The van der Waals surface area contributed by atoms with Gasteiger partial charge in [-0.1, -0.05) is 29.3 Å². The summed E-state index contributed by atoms with van der Waals surface area (Å²) in [4.78, 5) is 10.1. The average molecular weight is 283 g/mol. The zero-order valence-corrected chi connectivity index (χ0v) is 10.6. The van der Waals surface area contributed by atoms with Gasteiger partial charge in [-0.2, -0.15) is 0 Å². The van der Waals surface area contributed by atoms with Crippen LogP contribution in [0.1, 0.15) is 0 Å². The van der Waals surface area contributed by atoms with Gasteiger partial charge in [-0.3, -0.25) is 10.1 Å². The molecule has 2 aromatic carbocycles. The molecule has 4 nitrogen and oxygen atoms in total. The number of hydrogen-bond donors (Lipinski definition) is 1. The van der Waals surface area contributed by atoms with Crippen molar-refractivity contribution in [2.45, 2.75) is 0 Å². The molecular weight excluding hydrogens is 275 g/mol. The zero-order valence-electron chi connectivity index (χ0n) is 9.06. The first-order chi connectivity index (χ1) is 8.58. The second-order valence-electron chi connectivity index (χ2n) is 3.53. The van der Waals surface area contributed by atoms with Crippen LogP contribution in [0.25, 0.3) is 0 Å². The topological polar surface area (TPSA) is 55.2 Å². The van der Waals surface area contributed by atoms with E-state index < -0.39 is 4.92 Å². The SMILES string of the molecule is O=[N+]([O-])c1ccc(Nc2cccc(Cl)c2Cl)cc1. The van der Waals surface area contributed by atoms with E-state index in [2.05, 4.69) is 5.32 Å². The molecule has 0 spiro atoms. The molecule has 0 unspecified atom stereocenters. The number of halogens is 2. The van der Waals surface area contributed by atoms with Gasteiger partial charge in [-0.05, 0) is 24.3 Å². The highest BCUT2D eigenvalue weighted by Gasteiger charge is 2.06. The number of nitrogens with zero attached hydrogens (tertiary/aromatic N) is 1. The number of nitrogens with one attached hydrogen (secondary N) is 1. The predicted octanol–water partition coefficient (Wildman–Crippen LogP) is 4.65. The van der Waals surface area contributed by atoms with Crippen LogP contribution in [0, 0.1) is 10.1 Å². The Labute approximate surface area is 113 Å². The lowest BCUT2D eigenvalue weighted by Crippen LogP contribution is -1.92. The summed E-state index contributed by atoms with van der Waals surface area (Å²) in [6.07, 6.45) is 0. The summed E-state index contributed by atoms with van der Waals surface area (Å²) in [6, 6.07) is 11.3. The number of benzene rings is 2. The molecule has 0 aliphatic heterocycles. The van der Waals surface area contributed by atoms with Gasteiger partial charge in [0.2, 0.25) is 0 Å². The number of nitro benzene ring substituents is 1. The quantitative estimate of drug-likeness (QED) is 0.659. The maximum atomic E-state index is 10.5. The molecule has 0 aromatic heterocycles. The van der Waals surface area contributed by atoms with Gasteiger partial charge in [0.05, 0.1) is 20.7 Å². The third kappa shape index (κ3) is 2.72. The Morgan fingerprint density at radius 2 is 1.72 bits per heavy atom. The predicted molar refractivity (Wildman–Crippen MR) is 72.8 cm³/mol. The number of rotatable bonds is 3. The van der Waals surface area contributed by atoms with Crippen molar-refractivity contribution in [1.82, 2.24) is 0 Å². The van der Waals surface area contributed by atoms with Crippen molar-refractivity contribution in [3.05, 3.63) is 62.6 Å². The molecule has 6 heteroatoms. The first-order valence-corrected chi connectivity index (χ1v) is 5.79. The molecule has 1 N–H and O–H groups in total. The summed E-state index contributed by atoms with van der Waals surface area (Å²) < 4.78 is 0. The van der Waals surface area contributed by atoms with Crippen molar-refractivity contribution in [1.29, 1.82) is 0 Å². The van der Waals surface area contributed by atoms with Crippen LogP contribution in [0.15, 0.2) is 42.5 Å². The van der Waals surface area contributed by atoms with Crippen molar-refractivity contribution in [3.63, 3.8) is 0 Å². The number of nitro groups is 1. The lowest BCUT2D eigenvalue weighted by Gasteiger charge is -2.08. The molecule has 0 fully saturated rings.